The molecule has 3 aliphatic heterocycles. The molecule has 15 heteroatoms. The number of anilines is 1. The number of halogens is 6. The Morgan fingerprint density at radius 3 is 2.39 bits per heavy atom. The van der Waals surface area contributed by atoms with E-state index < -0.39 is 74.4 Å². The van der Waals surface area contributed by atoms with Crippen LogP contribution in [0.4, 0.5) is 32.6 Å². The van der Waals surface area contributed by atoms with Gasteiger partial charge >= 0.3 is 18.0 Å². The van der Waals surface area contributed by atoms with Gasteiger partial charge in [-0.05, 0) is 46.8 Å². The van der Waals surface area contributed by atoms with Crippen LogP contribution in [0.15, 0.2) is 27.9 Å². The third kappa shape index (κ3) is 5.70. The number of hydrogen-bond acceptors (Lipinski definition) is 7. The van der Waals surface area contributed by atoms with Gasteiger partial charge < -0.3 is 19.3 Å². The van der Waals surface area contributed by atoms with Gasteiger partial charge in [-0.1, -0.05) is 11.6 Å². The smallest absolute Gasteiger partial charge is 0.417 e. The van der Waals surface area contributed by atoms with E-state index in [-0.39, 0.29) is 60.2 Å². The summed E-state index contributed by atoms with van der Waals surface area (Å²) in [4.78, 5) is 34.4. The second-order valence-corrected chi connectivity index (χ2v) is 14.7. The Hall–Kier alpha value is -3.10. The molecule has 0 radical (unpaired) electrons. The van der Waals surface area contributed by atoms with E-state index in [1.807, 2.05) is 0 Å². The summed E-state index contributed by atoms with van der Waals surface area (Å²) in [5, 5.41) is -0.494. The van der Waals surface area contributed by atoms with Crippen LogP contribution >= 0.6 is 23.4 Å². The predicted octanol–water partition coefficient (Wildman–Crippen LogP) is 6.97. The van der Waals surface area contributed by atoms with Crippen molar-refractivity contribution in [3.8, 4) is 11.1 Å². The van der Waals surface area contributed by atoms with Gasteiger partial charge in [-0.15, -0.1) is 11.8 Å². The SMILES string of the molecule is C[C@@H]1CN(c2nc(=O)n3c4c(c(-c5cc(Cl)c(F)cc5F)c(C(F)(F)F)cc24)SCC2(COC2)C3)[C@@H](C)CN1C(=O)OC(C)(C)C. The fraction of sp³-hybridized carbons (Fsp3) is 0.516. The molecule has 0 N–H and O–H groups in total. The number of thioether (sulfide) groups is 1. The number of aromatic nitrogens is 2. The number of amides is 1. The van der Waals surface area contributed by atoms with Crippen LogP contribution in [-0.4, -0.2) is 70.3 Å². The minimum atomic E-state index is -4.98. The van der Waals surface area contributed by atoms with Crippen LogP contribution in [-0.2, 0) is 22.2 Å². The maximum atomic E-state index is 15.4. The van der Waals surface area contributed by atoms with Gasteiger partial charge in [0.05, 0.1) is 29.3 Å². The van der Waals surface area contributed by atoms with Gasteiger partial charge in [-0.2, -0.15) is 18.2 Å². The summed E-state index contributed by atoms with van der Waals surface area (Å²) >= 11 is 7.04. The Bertz CT molecular complexity index is 1810. The lowest BCUT2D eigenvalue weighted by molar-refractivity contribution is -0.137. The predicted molar refractivity (Wildman–Crippen MR) is 165 cm³/mol. The van der Waals surface area contributed by atoms with E-state index in [4.69, 9.17) is 21.1 Å². The molecule has 4 heterocycles. The van der Waals surface area contributed by atoms with E-state index in [9.17, 15) is 27.2 Å². The quantitative estimate of drug-likeness (QED) is 0.213. The third-order valence-corrected chi connectivity index (χ3v) is 10.2. The summed E-state index contributed by atoms with van der Waals surface area (Å²) in [6, 6.07) is 1.27. The molecule has 0 bridgehead atoms. The third-order valence-electron chi connectivity index (χ3n) is 8.50. The number of alkyl halides is 3. The van der Waals surface area contributed by atoms with E-state index in [1.54, 1.807) is 44.4 Å². The first-order valence-corrected chi connectivity index (χ1v) is 16.1. The zero-order valence-electron chi connectivity index (χ0n) is 25.7. The highest BCUT2D eigenvalue weighted by Crippen LogP contribution is 2.51. The first kappa shape index (κ1) is 32.8. The van der Waals surface area contributed by atoms with Crippen molar-refractivity contribution in [2.24, 2.45) is 5.41 Å². The number of carbonyl (C=O) groups excluding carboxylic acids is 1. The highest BCUT2D eigenvalue weighted by molar-refractivity contribution is 7.99. The first-order valence-electron chi connectivity index (χ1n) is 14.7. The largest absolute Gasteiger partial charge is 0.444 e. The van der Waals surface area contributed by atoms with E-state index in [2.05, 4.69) is 4.98 Å². The molecule has 0 unspecified atom stereocenters. The molecule has 3 aliphatic rings. The van der Waals surface area contributed by atoms with Crippen molar-refractivity contribution in [3.63, 3.8) is 0 Å². The summed E-state index contributed by atoms with van der Waals surface area (Å²) < 4.78 is 86.9. The fourth-order valence-electron chi connectivity index (χ4n) is 6.27. The van der Waals surface area contributed by atoms with Gasteiger partial charge in [0.15, 0.2) is 0 Å². The molecular formula is C31H32ClF5N4O4S. The molecule has 0 aliphatic carbocycles. The molecule has 46 heavy (non-hydrogen) atoms. The molecule has 6 rings (SSSR count). The molecule has 248 valence electrons. The van der Waals surface area contributed by atoms with Gasteiger partial charge in [0.2, 0.25) is 0 Å². The summed E-state index contributed by atoms with van der Waals surface area (Å²) in [6.07, 6.45) is -5.51. The average molecular weight is 687 g/mol. The van der Waals surface area contributed by atoms with Crippen molar-refractivity contribution < 1.29 is 36.2 Å². The van der Waals surface area contributed by atoms with Crippen LogP contribution in [0.2, 0.25) is 5.02 Å². The zero-order valence-corrected chi connectivity index (χ0v) is 27.3. The van der Waals surface area contributed by atoms with Crippen molar-refractivity contribution in [1.29, 1.82) is 0 Å². The maximum Gasteiger partial charge on any atom is 0.417 e. The second kappa shape index (κ2) is 11.3. The van der Waals surface area contributed by atoms with Crippen molar-refractivity contribution in [2.75, 3.05) is 37.0 Å². The molecule has 3 aromatic rings. The van der Waals surface area contributed by atoms with Gasteiger partial charge in [0.25, 0.3) is 0 Å². The molecule has 2 fully saturated rings. The molecule has 2 saturated heterocycles. The maximum absolute atomic E-state index is 15.4. The highest BCUT2D eigenvalue weighted by Gasteiger charge is 2.45. The van der Waals surface area contributed by atoms with E-state index >= 15 is 4.39 Å². The summed E-state index contributed by atoms with van der Waals surface area (Å²) in [5.74, 6) is -2.03. The molecule has 8 nitrogen and oxygen atoms in total. The number of benzene rings is 2. The number of ether oxygens (including phenoxy) is 2. The molecule has 0 saturated carbocycles. The highest BCUT2D eigenvalue weighted by atomic mass is 35.5. The lowest BCUT2D eigenvalue weighted by Gasteiger charge is -2.45. The average Bonchev–Trinajstić information content (AvgIpc) is 3.11. The molecule has 1 spiro atoms. The number of nitrogens with zero attached hydrogens (tertiary/aromatic N) is 4. The van der Waals surface area contributed by atoms with Crippen LogP contribution in [0, 0.1) is 17.0 Å². The standard InChI is InChI=1S/C31H32ClF5N4O4S/c1-15-10-40(28(43)45-29(3,4)5)16(2)9-39(15)26-18-6-19(31(35,36)37)23(17-7-20(32)22(34)8-21(17)33)25-24(18)41(27(42)38-26)11-30(14-46-25)12-44-13-30/h6-8,15-16H,9-14H2,1-5H3/t15-,16+/m0/s1. The van der Waals surface area contributed by atoms with Crippen LogP contribution in [0.3, 0.4) is 0 Å². The van der Waals surface area contributed by atoms with Gasteiger partial charge in [-0.3, -0.25) is 4.57 Å². The van der Waals surface area contributed by atoms with Crippen LogP contribution in [0.1, 0.15) is 40.2 Å². The fourth-order valence-corrected chi connectivity index (χ4v) is 7.87. The minimum Gasteiger partial charge on any atom is -0.444 e. The molecular weight excluding hydrogens is 655 g/mol. The monoisotopic (exact) mass is 686 g/mol. The number of piperazine rings is 1. The van der Waals surface area contributed by atoms with Crippen LogP contribution in [0.5, 0.6) is 0 Å². The second-order valence-electron chi connectivity index (χ2n) is 13.3. The Morgan fingerprint density at radius 2 is 1.78 bits per heavy atom. The number of rotatable bonds is 2. The molecule has 2 atom stereocenters. The Labute approximate surface area is 270 Å². The summed E-state index contributed by atoms with van der Waals surface area (Å²) in [6.45, 7) is 9.82. The van der Waals surface area contributed by atoms with Gasteiger partial charge in [0.1, 0.15) is 23.1 Å². The van der Waals surface area contributed by atoms with E-state index in [0.29, 0.717) is 6.07 Å². The van der Waals surface area contributed by atoms with Crippen molar-refractivity contribution in [1.82, 2.24) is 14.5 Å². The lowest BCUT2D eigenvalue weighted by Crippen LogP contribution is -2.59. The van der Waals surface area contributed by atoms with Gasteiger partial charge in [0, 0.05) is 70.4 Å². The Balaban J connectivity index is 1.60. The number of hydrogen-bond donors (Lipinski definition) is 0. The van der Waals surface area contributed by atoms with Crippen molar-refractivity contribution in [3.05, 3.63) is 50.9 Å². The van der Waals surface area contributed by atoms with Crippen LogP contribution < -0.4 is 10.6 Å². The van der Waals surface area contributed by atoms with Crippen molar-refractivity contribution >= 4 is 46.2 Å². The lowest BCUT2D eigenvalue weighted by atomic mass is 9.88. The molecule has 1 amide bonds. The number of carbonyl (C=O) groups is 1. The van der Waals surface area contributed by atoms with E-state index in [0.717, 1.165) is 23.9 Å². The Morgan fingerprint density at radius 1 is 1.09 bits per heavy atom. The van der Waals surface area contributed by atoms with E-state index in [1.165, 1.54) is 4.57 Å². The molecule has 1 aromatic heterocycles. The topological polar surface area (TPSA) is 76.9 Å². The van der Waals surface area contributed by atoms with Gasteiger partial charge in [-0.25, -0.2) is 18.4 Å². The minimum absolute atomic E-state index is 0.0176. The Kier molecular flexibility index (Phi) is 8.03. The first-order chi connectivity index (χ1) is 21.4. The van der Waals surface area contributed by atoms with Crippen LogP contribution in [0.25, 0.3) is 22.0 Å². The normalized spacial score (nSPS) is 21.4. The summed E-state index contributed by atoms with van der Waals surface area (Å²) in [5.41, 5.74) is -4.04. The van der Waals surface area contributed by atoms with Crippen molar-refractivity contribution in [2.45, 2.75) is 69.9 Å². The molecule has 2 aromatic carbocycles. The summed E-state index contributed by atoms with van der Waals surface area (Å²) in [7, 11) is 0. The zero-order chi connectivity index (χ0) is 33.5.